The van der Waals surface area contributed by atoms with E-state index in [1.54, 1.807) is 7.11 Å². The van der Waals surface area contributed by atoms with Gasteiger partial charge in [-0.15, -0.1) is 0 Å². The van der Waals surface area contributed by atoms with Crippen LogP contribution in [0.5, 0.6) is 5.75 Å². The van der Waals surface area contributed by atoms with Crippen molar-refractivity contribution in [2.24, 2.45) is 0 Å². The van der Waals surface area contributed by atoms with E-state index in [-0.39, 0.29) is 0 Å². The highest BCUT2D eigenvalue weighted by Crippen LogP contribution is 2.33. The lowest BCUT2D eigenvalue weighted by Crippen LogP contribution is -1.95. The van der Waals surface area contributed by atoms with Crippen LogP contribution in [0.3, 0.4) is 0 Å². The molecule has 0 atom stereocenters. The highest BCUT2D eigenvalue weighted by atomic mass is 35.5. The first-order chi connectivity index (χ1) is 13.1. The van der Waals surface area contributed by atoms with E-state index >= 15 is 0 Å². The number of ether oxygens (including phenoxy) is 1. The first kappa shape index (κ1) is 17.4. The number of methoxy groups -OCH3 is 1. The number of hydrogen-bond acceptors (Lipinski definition) is 2. The molecular formula is C23H19ClN2O. The lowest BCUT2D eigenvalue weighted by molar-refractivity contribution is 0.414. The van der Waals surface area contributed by atoms with Crippen molar-refractivity contribution in [3.05, 3.63) is 89.6 Å². The van der Waals surface area contributed by atoms with Crippen LogP contribution in [0.25, 0.3) is 28.1 Å². The molecule has 0 spiro atoms. The van der Waals surface area contributed by atoms with Gasteiger partial charge in [-0.05, 0) is 48.9 Å². The van der Waals surface area contributed by atoms with Crippen LogP contribution < -0.4 is 4.74 Å². The molecule has 1 heterocycles. The molecule has 4 rings (SSSR count). The summed E-state index contributed by atoms with van der Waals surface area (Å²) in [6, 6.07) is 24.1. The SMILES string of the molecule is COc1ccc(-n2cc(-c3ccc(C)cc3)c(-c3ccc(Cl)cc3)n2)cc1. The van der Waals surface area contributed by atoms with Gasteiger partial charge in [0.1, 0.15) is 11.4 Å². The van der Waals surface area contributed by atoms with Gasteiger partial charge in [0.2, 0.25) is 0 Å². The van der Waals surface area contributed by atoms with Crippen molar-refractivity contribution in [2.45, 2.75) is 6.92 Å². The number of aryl methyl sites for hydroxylation is 1. The first-order valence-corrected chi connectivity index (χ1v) is 9.09. The molecule has 0 bridgehead atoms. The molecule has 0 saturated heterocycles. The highest BCUT2D eigenvalue weighted by Gasteiger charge is 2.14. The van der Waals surface area contributed by atoms with Crippen molar-refractivity contribution in [2.75, 3.05) is 7.11 Å². The Kier molecular flexibility index (Phi) is 4.69. The fourth-order valence-corrected chi connectivity index (χ4v) is 3.13. The largest absolute Gasteiger partial charge is 0.497 e. The molecule has 0 amide bonds. The summed E-state index contributed by atoms with van der Waals surface area (Å²) in [5, 5.41) is 5.58. The minimum Gasteiger partial charge on any atom is -0.497 e. The topological polar surface area (TPSA) is 27.1 Å². The molecule has 0 aliphatic heterocycles. The van der Waals surface area contributed by atoms with Crippen LogP contribution in [0.15, 0.2) is 79.0 Å². The average Bonchev–Trinajstić information content (AvgIpc) is 3.14. The van der Waals surface area contributed by atoms with E-state index in [4.69, 9.17) is 21.4 Å². The number of aromatic nitrogens is 2. The van der Waals surface area contributed by atoms with Crippen molar-refractivity contribution in [1.82, 2.24) is 9.78 Å². The number of rotatable bonds is 4. The second-order valence-electron chi connectivity index (χ2n) is 6.41. The van der Waals surface area contributed by atoms with E-state index in [1.165, 1.54) is 5.56 Å². The van der Waals surface area contributed by atoms with E-state index in [0.717, 1.165) is 33.8 Å². The summed E-state index contributed by atoms with van der Waals surface area (Å²) in [5.41, 5.74) is 6.37. The summed E-state index contributed by atoms with van der Waals surface area (Å²) in [7, 11) is 1.66. The Morgan fingerprint density at radius 1 is 0.815 bits per heavy atom. The standard InChI is InChI=1S/C23H19ClN2O/c1-16-3-5-17(6-4-16)22-15-26(20-11-13-21(27-2)14-12-20)25-23(22)18-7-9-19(24)10-8-18/h3-15H,1-2H3. The maximum atomic E-state index is 6.07. The monoisotopic (exact) mass is 374 g/mol. The van der Waals surface area contributed by atoms with Crippen molar-refractivity contribution < 1.29 is 4.74 Å². The van der Waals surface area contributed by atoms with Gasteiger partial charge in [0.05, 0.1) is 12.8 Å². The molecule has 3 nitrogen and oxygen atoms in total. The van der Waals surface area contributed by atoms with Crippen molar-refractivity contribution in [3.8, 4) is 33.8 Å². The molecule has 0 radical (unpaired) electrons. The van der Waals surface area contributed by atoms with E-state index in [9.17, 15) is 0 Å². The zero-order chi connectivity index (χ0) is 18.8. The summed E-state index contributed by atoms with van der Waals surface area (Å²) in [6.45, 7) is 2.09. The number of hydrogen-bond donors (Lipinski definition) is 0. The minimum atomic E-state index is 0.713. The molecule has 0 aliphatic carbocycles. The third-order valence-corrected chi connectivity index (χ3v) is 4.78. The van der Waals surface area contributed by atoms with Gasteiger partial charge >= 0.3 is 0 Å². The maximum absolute atomic E-state index is 6.07. The van der Waals surface area contributed by atoms with E-state index in [2.05, 4.69) is 37.4 Å². The van der Waals surface area contributed by atoms with Crippen LogP contribution in [-0.2, 0) is 0 Å². The molecule has 0 unspecified atom stereocenters. The molecule has 1 aromatic heterocycles. The van der Waals surface area contributed by atoms with E-state index < -0.39 is 0 Å². The Hall–Kier alpha value is -3.04. The van der Waals surface area contributed by atoms with E-state index in [1.807, 2.05) is 53.2 Å². The highest BCUT2D eigenvalue weighted by molar-refractivity contribution is 6.30. The number of benzene rings is 3. The summed E-state index contributed by atoms with van der Waals surface area (Å²) in [5.74, 6) is 0.822. The van der Waals surface area contributed by atoms with Gasteiger partial charge in [-0.2, -0.15) is 5.10 Å². The molecular weight excluding hydrogens is 356 g/mol. The number of halogens is 1. The fraction of sp³-hybridized carbons (Fsp3) is 0.0870. The Bertz CT molecular complexity index is 986. The summed E-state index contributed by atoms with van der Waals surface area (Å²) in [4.78, 5) is 0. The van der Waals surface area contributed by atoms with Gasteiger partial charge in [0.25, 0.3) is 0 Å². The third kappa shape index (κ3) is 3.60. The lowest BCUT2D eigenvalue weighted by Gasteiger charge is -2.03. The van der Waals surface area contributed by atoms with Crippen LogP contribution in [0, 0.1) is 6.92 Å². The van der Waals surface area contributed by atoms with Crippen molar-refractivity contribution in [3.63, 3.8) is 0 Å². The minimum absolute atomic E-state index is 0.713. The normalized spacial score (nSPS) is 10.8. The zero-order valence-electron chi connectivity index (χ0n) is 15.2. The second-order valence-corrected chi connectivity index (χ2v) is 6.84. The Labute approximate surface area is 163 Å². The lowest BCUT2D eigenvalue weighted by atomic mass is 10.0. The van der Waals surface area contributed by atoms with Crippen molar-refractivity contribution in [1.29, 1.82) is 0 Å². The van der Waals surface area contributed by atoms with Crippen LogP contribution in [0.1, 0.15) is 5.56 Å². The van der Waals surface area contributed by atoms with Gasteiger partial charge in [0, 0.05) is 22.3 Å². The van der Waals surface area contributed by atoms with Crippen molar-refractivity contribution >= 4 is 11.6 Å². The van der Waals surface area contributed by atoms with Gasteiger partial charge < -0.3 is 4.74 Å². The smallest absolute Gasteiger partial charge is 0.119 e. The molecule has 134 valence electrons. The second kappa shape index (κ2) is 7.29. The molecule has 3 aromatic carbocycles. The first-order valence-electron chi connectivity index (χ1n) is 8.71. The predicted octanol–water partition coefficient (Wildman–Crippen LogP) is 6.18. The third-order valence-electron chi connectivity index (χ3n) is 4.53. The van der Waals surface area contributed by atoms with E-state index in [0.29, 0.717) is 5.02 Å². The molecule has 0 fully saturated rings. The number of nitrogens with zero attached hydrogens (tertiary/aromatic N) is 2. The molecule has 4 heteroatoms. The fourth-order valence-electron chi connectivity index (χ4n) is 3.01. The molecule has 27 heavy (non-hydrogen) atoms. The van der Waals surface area contributed by atoms with Gasteiger partial charge in [-0.1, -0.05) is 53.6 Å². The molecule has 0 aliphatic rings. The average molecular weight is 375 g/mol. The van der Waals surface area contributed by atoms with Crippen LogP contribution in [0.4, 0.5) is 0 Å². The van der Waals surface area contributed by atoms with Gasteiger partial charge in [-0.3, -0.25) is 0 Å². The Morgan fingerprint density at radius 3 is 2.07 bits per heavy atom. The Morgan fingerprint density at radius 2 is 1.44 bits per heavy atom. The summed E-state index contributed by atoms with van der Waals surface area (Å²) < 4.78 is 7.15. The summed E-state index contributed by atoms with van der Waals surface area (Å²) in [6.07, 6.45) is 2.07. The van der Waals surface area contributed by atoms with Crippen LogP contribution in [0.2, 0.25) is 5.02 Å². The molecule has 0 N–H and O–H groups in total. The van der Waals surface area contributed by atoms with Gasteiger partial charge in [0.15, 0.2) is 0 Å². The molecule has 0 saturated carbocycles. The summed E-state index contributed by atoms with van der Waals surface area (Å²) >= 11 is 6.07. The van der Waals surface area contributed by atoms with Crippen LogP contribution in [-0.4, -0.2) is 16.9 Å². The zero-order valence-corrected chi connectivity index (χ0v) is 15.9. The van der Waals surface area contributed by atoms with Crippen LogP contribution >= 0.6 is 11.6 Å². The Balaban J connectivity index is 1.85. The predicted molar refractivity (Wildman–Crippen MR) is 111 cm³/mol. The quantitative estimate of drug-likeness (QED) is 0.426. The molecule has 4 aromatic rings. The van der Waals surface area contributed by atoms with Gasteiger partial charge in [-0.25, -0.2) is 4.68 Å². The maximum Gasteiger partial charge on any atom is 0.119 e.